The minimum Gasteiger partial charge on any atom is -0.478 e. The molecule has 0 saturated carbocycles. The number of anilines is 1. The smallest absolute Gasteiger partial charge is 0.225 e. The molecule has 0 aliphatic carbocycles. The summed E-state index contributed by atoms with van der Waals surface area (Å²) in [5.74, 6) is 4.60. The van der Waals surface area contributed by atoms with E-state index in [0.717, 1.165) is 12.5 Å². The Morgan fingerprint density at radius 1 is 1.62 bits per heavy atom. The largest absolute Gasteiger partial charge is 0.478 e. The predicted molar refractivity (Wildman–Crippen MR) is 67.1 cm³/mol. The van der Waals surface area contributed by atoms with Gasteiger partial charge in [-0.3, -0.25) is 0 Å². The van der Waals surface area contributed by atoms with Crippen LogP contribution in [0, 0.1) is 5.92 Å². The number of nitrogens with one attached hydrogen (secondary N) is 1. The molecule has 5 heteroatoms. The molecule has 1 atom stereocenters. The van der Waals surface area contributed by atoms with Gasteiger partial charge in [0.1, 0.15) is 0 Å². The number of hydrogen-bond donors (Lipinski definition) is 1. The first-order valence-electron chi connectivity index (χ1n) is 5.66. The molecule has 0 bridgehead atoms. The molecule has 0 aromatic carbocycles. The molecular weight excluding hydrogens is 222 g/mol. The number of rotatable bonds is 5. The van der Waals surface area contributed by atoms with Gasteiger partial charge in [0.25, 0.3) is 0 Å². The lowest BCUT2D eigenvalue weighted by molar-refractivity contribution is 0.326. The summed E-state index contributed by atoms with van der Waals surface area (Å²) in [6.45, 7) is 3.54. The van der Waals surface area contributed by atoms with E-state index in [9.17, 15) is 0 Å². The Kier molecular flexibility index (Phi) is 4.27. The van der Waals surface area contributed by atoms with Gasteiger partial charge in [-0.05, 0) is 30.8 Å². The highest BCUT2D eigenvalue weighted by Gasteiger charge is 2.15. The summed E-state index contributed by atoms with van der Waals surface area (Å²) < 4.78 is 5.32. The van der Waals surface area contributed by atoms with Gasteiger partial charge < -0.3 is 10.1 Å². The Bertz CT molecular complexity index is 329. The van der Waals surface area contributed by atoms with E-state index >= 15 is 0 Å². The maximum absolute atomic E-state index is 5.32. The summed E-state index contributed by atoms with van der Waals surface area (Å²) in [5, 5.41) is 3.27. The Morgan fingerprint density at radius 2 is 2.56 bits per heavy atom. The summed E-state index contributed by atoms with van der Waals surface area (Å²) in [6, 6.07) is 1.78. The molecule has 88 valence electrons. The summed E-state index contributed by atoms with van der Waals surface area (Å²) in [5.41, 5.74) is 0. The Balaban J connectivity index is 1.85. The van der Waals surface area contributed by atoms with Crippen molar-refractivity contribution in [3.63, 3.8) is 0 Å². The third kappa shape index (κ3) is 3.27. The maximum Gasteiger partial charge on any atom is 0.225 e. The zero-order valence-electron chi connectivity index (χ0n) is 9.48. The van der Waals surface area contributed by atoms with Crippen LogP contribution in [0.3, 0.4) is 0 Å². The molecule has 2 heterocycles. The van der Waals surface area contributed by atoms with Crippen LogP contribution in [0.15, 0.2) is 12.3 Å². The number of ether oxygens (including phenoxy) is 1. The third-order valence-electron chi connectivity index (χ3n) is 2.50. The van der Waals surface area contributed by atoms with Crippen LogP contribution in [-0.4, -0.2) is 34.6 Å². The van der Waals surface area contributed by atoms with E-state index < -0.39 is 0 Å². The minimum atomic E-state index is 0.635. The molecule has 1 fully saturated rings. The molecule has 0 amide bonds. The van der Waals surface area contributed by atoms with Gasteiger partial charge in [-0.25, -0.2) is 4.98 Å². The highest BCUT2D eigenvalue weighted by Crippen LogP contribution is 2.23. The zero-order chi connectivity index (χ0) is 11.2. The Labute approximate surface area is 100 Å². The molecule has 1 aromatic rings. The van der Waals surface area contributed by atoms with Crippen molar-refractivity contribution in [2.24, 2.45) is 5.92 Å². The normalized spacial score (nSPS) is 19.7. The summed E-state index contributed by atoms with van der Waals surface area (Å²) in [6.07, 6.45) is 3.02. The average molecular weight is 239 g/mol. The fraction of sp³-hybridized carbons (Fsp3) is 0.636. The second-order valence-corrected chi connectivity index (χ2v) is 4.91. The van der Waals surface area contributed by atoms with Crippen LogP contribution >= 0.6 is 11.8 Å². The molecule has 0 spiro atoms. The van der Waals surface area contributed by atoms with Crippen molar-refractivity contribution in [2.75, 3.05) is 30.0 Å². The second-order valence-electron chi connectivity index (χ2n) is 3.76. The quantitative estimate of drug-likeness (QED) is 0.852. The molecule has 2 rings (SSSR count). The number of hydrogen-bond acceptors (Lipinski definition) is 5. The standard InChI is InChI=1S/C11H17N3OS/c1-2-15-10-3-5-12-11(14-10)13-7-9-4-6-16-8-9/h3,5,9H,2,4,6-8H2,1H3,(H,12,13,14). The monoisotopic (exact) mass is 239 g/mol. The first-order chi connectivity index (χ1) is 7.88. The van der Waals surface area contributed by atoms with Crippen LogP contribution in [0.5, 0.6) is 5.88 Å². The first kappa shape index (κ1) is 11.5. The highest BCUT2D eigenvalue weighted by molar-refractivity contribution is 7.99. The van der Waals surface area contributed by atoms with Crippen LogP contribution in [0.1, 0.15) is 13.3 Å². The maximum atomic E-state index is 5.32. The van der Waals surface area contributed by atoms with Crippen molar-refractivity contribution in [1.82, 2.24) is 9.97 Å². The molecule has 16 heavy (non-hydrogen) atoms. The third-order valence-corrected chi connectivity index (χ3v) is 3.73. The summed E-state index contributed by atoms with van der Waals surface area (Å²) in [4.78, 5) is 8.45. The van der Waals surface area contributed by atoms with Crippen molar-refractivity contribution < 1.29 is 4.74 Å². The van der Waals surface area contributed by atoms with Gasteiger partial charge >= 0.3 is 0 Å². The van der Waals surface area contributed by atoms with Gasteiger partial charge in [0.05, 0.1) is 6.61 Å². The number of aromatic nitrogens is 2. The molecule has 1 aromatic heterocycles. The first-order valence-corrected chi connectivity index (χ1v) is 6.81. The molecule has 1 N–H and O–H groups in total. The lowest BCUT2D eigenvalue weighted by Crippen LogP contribution is -2.15. The lowest BCUT2D eigenvalue weighted by Gasteiger charge is -2.10. The van der Waals surface area contributed by atoms with Crippen LogP contribution in [0.25, 0.3) is 0 Å². The van der Waals surface area contributed by atoms with Crippen molar-refractivity contribution in [1.29, 1.82) is 0 Å². The van der Waals surface area contributed by atoms with Crippen LogP contribution in [0.4, 0.5) is 5.95 Å². The van der Waals surface area contributed by atoms with E-state index in [1.54, 1.807) is 12.3 Å². The van der Waals surface area contributed by atoms with Crippen LogP contribution in [-0.2, 0) is 0 Å². The SMILES string of the molecule is CCOc1ccnc(NCC2CCSC2)n1. The van der Waals surface area contributed by atoms with Gasteiger partial charge in [-0.15, -0.1) is 0 Å². The van der Waals surface area contributed by atoms with E-state index in [1.807, 2.05) is 18.7 Å². The Hall–Kier alpha value is -0.970. The highest BCUT2D eigenvalue weighted by atomic mass is 32.2. The van der Waals surface area contributed by atoms with E-state index in [4.69, 9.17) is 4.74 Å². The van der Waals surface area contributed by atoms with Gasteiger partial charge in [-0.1, -0.05) is 0 Å². The summed E-state index contributed by atoms with van der Waals surface area (Å²) >= 11 is 2.02. The Morgan fingerprint density at radius 3 is 3.31 bits per heavy atom. The molecule has 1 aliphatic heterocycles. The van der Waals surface area contributed by atoms with Crippen molar-refractivity contribution in [3.05, 3.63) is 12.3 Å². The van der Waals surface area contributed by atoms with E-state index in [-0.39, 0.29) is 0 Å². The molecule has 1 aliphatic rings. The van der Waals surface area contributed by atoms with E-state index in [2.05, 4.69) is 15.3 Å². The molecule has 0 radical (unpaired) electrons. The van der Waals surface area contributed by atoms with Gasteiger partial charge in [0, 0.05) is 18.8 Å². The van der Waals surface area contributed by atoms with Crippen molar-refractivity contribution >= 4 is 17.7 Å². The predicted octanol–water partition coefficient (Wildman–Crippen LogP) is 2.04. The van der Waals surface area contributed by atoms with Crippen LogP contribution < -0.4 is 10.1 Å². The molecule has 1 saturated heterocycles. The van der Waals surface area contributed by atoms with E-state index in [0.29, 0.717) is 18.4 Å². The number of nitrogens with zero attached hydrogens (tertiary/aromatic N) is 2. The van der Waals surface area contributed by atoms with Gasteiger partial charge in [-0.2, -0.15) is 16.7 Å². The van der Waals surface area contributed by atoms with Crippen LogP contribution in [0.2, 0.25) is 0 Å². The fourth-order valence-corrected chi connectivity index (χ4v) is 2.92. The van der Waals surface area contributed by atoms with Crippen molar-refractivity contribution in [2.45, 2.75) is 13.3 Å². The topological polar surface area (TPSA) is 47.0 Å². The van der Waals surface area contributed by atoms with Crippen molar-refractivity contribution in [3.8, 4) is 5.88 Å². The van der Waals surface area contributed by atoms with E-state index in [1.165, 1.54) is 17.9 Å². The number of thioether (sulfide) groups is 1. The summed E-state index contributed by atoms with van der Waals surface area (Å²) in [7, 11) is 0. The van der Waals surface area contributed by atoms with Gasteiger partial charge in [0.15, 0.2) is 0 Å². The fourth-order valence-electron chi connectivity index (χ4n) is 1.64. The zero-order valence-corrected chi connectivity index (χ0v) is 10.3. The second kappa shape index (κ2) is 5.94. The minimum absolute atomic E-state index is 0.635. The lowest BCUT2D eigenvalue weighted by atomic mass is 10.1. The molecular formula is C11H17N3OS. The molecule has 1 unspecified atom stereocenters. The van der Waals surface area contributed by atoms with Gasteiger partial charge in [0.2, 0.25) is 11.8 Å². The molecule has 4 nitrogen and oxygen atoms in total. The average Bonchev–Trinajstić information content (AvgIpc) is 2.80.